The van der Waals surface area contributed by atoms with Crippen LogP contribution in [0.15, 0.2) is 18.2 Å². The summed E-state index contributed by atoms with van der Waals surface area (Å²) in [6.45, 7) is 2.94. The summed E-state index contributed by atoms with van der Waals surface area (Å²) in [5.74, 6) is -0.172. The number of nitrogens with one attached hydrogen (secondary N) is 1. The fourth-order valence-corrected chi connectivity index (χ4v) is 1.51. The molecule has 1 unspecified atom stereocenters. The van der Waals surface area contributed by atoms with Gasteiger partial charge in [-0.05, 0) is 30.2 Å². The highest BCUT2D eigenvalue weighted by Gasteiger charge is 2.13. The lowest BCUT2D eigenvalue weighted by atomic mass is 10.1. The van der Waals surface area contributed by atoms with Crippen molar-refractivity contribution in [3.63, 3.8) is 0 Å². The van der Waals surface area contributed by atoms with Crippen molar-refractivity contribution < 1.29 is 9.53 Å². The van der Waals surface area contributed by atoms with Crippen molar-refractivity contribution in [2.24, 2.45) is 5.73 Å². The first kappa shape index (κ1) is 10.1. The van der Waals surface area contributed by atoms with Gasteiger partial charge in [0.25, 0.3) is 0 Å². The van der Waals surface area contributed by atoms with E-state index >= 15 is 0 Å². The van der Waals surface area contributed by atoms with E-state index in [1.54, 1.807) is 6.92 Å². The van der Waals surface area contributed by atoms with Gasteiger partial charge >= 0.3 is 0 Å². The average Bonchev–Trinajstić information content (AvgIpc) is 2.64. The molecule has 0 radical (unpaired) electrons. The Morgan fingerprint density at radius 1 is 1.47 bits per heavy atom. The monoisotopic (exact) mass is 206 g/mol. The van der Waals surface area contributed by atoms with Crippen LogP contribution in [0, 0.1) is 0 Å². The molecular weight excluding hydrogens is 192 g/mol. The van der Waals surface area contributed by atoms with Crippen LogP contribution in [0.3, 0.4) is 0 Å². The van der Waals surface area contributed by atoms with Gasteiger partial charge in [0.1, 0.15) is 0 Å². The van der Waals surface area contributed by atoms with E-state index in [2.05, 4.69) is 5.32 Å². The number of nitrogens with two attached hydrogens (primary N) is 1. The van der Waals surface area contributed by atoms with E-state index in [1.807, 2.05) is 18.2 Å². The fraction of sp³-hybridized carbons (Fsp3) is 0.364. The van der Waals surface area contributed by atoms with Gasteiger partial charge in [0.2, 0.25) is 5.91 Å². The summed E-state index contributed by atoms with van der Waals surface area (Å²) in [7, 11) is 0. The molecule has 80 valence electrons. The minimum Gasteiger partial charge on any atom is -0.372 e. The molecule has 4 nitrogen and oxygen atoms in total. The van der Waals surface area contributed by atoms with Crippen LogP contribution < -0.4 is 11.1 Å². The molecular formula is C11H14N2O2. The summed E-state index contributed by atoms with van der Waals surface area (Å²) in [4.78, 5) is 11.3. The Bertz CT molecular complexity index is 388. The number of fused-ring (bicyclic) bond motifs is 1. The van der Waals surface area contributed by atoms with Gasteiger partial charge in [-0.3, -0.25) is 4.79 Å². The number of carbonyl (C=O) groups is 1. The summed E-state index contributed by atoms with van der Waals surface area (Å²) in [6, 6.07) is 5.28. The molecule has 1 aromatic rings. The predicted octanol–water partition coefficient (Wildman–Crippen LogP) is 1.00. The normalized spacial score (nSPS) is 15.9. The van der Waals surface area contributed by atoms with Crippen LogP contribution in [0.25, 0.3) is 0 Å². The van der Waals surface area contributed by atoms with Crippen LogP contribution in [-0.4, -0.2) is 11.9 Å². The molecule has 15 heavy (non-hydrogen) atoms. The Balaban J connectivity index is 2.13. The summed E-state index contributed by atoms with van der Waals surface area (Å²) in [5.41, 5.74) is 8.56. The van der Waals surface area contributed by atoms with Crippen molar-refractivity contribution in [2.75, 3.05) is 5.32 Å². The number of rotatable bonds is 2. The summed E-state index contributed by atoms with van der Waals surface area (Å²) >= 11 is 0. The van der Waals surface area contributed by atoms with E-state index in [-0.39, 0.29) is 5.91 Å². The number of anilines is 1. The van der Waals surface area contributed by atoms with E-state index in [1.165, 1.54) is 5.56 Å². The van der Waals surface area contributed by atoms with E-state index < -0.39 is 6.04 Å². The third-order valence-corrected chi connectivity index (χ3v) is 2.40. The standard InChI is InChI=1S/C11H14N2O2/c1-7(12)11(14)13-10-3-2-8-5-15-6-9(8)4-10/h2-4,7H,5-6,12H2,1H3,(H,13,14). The average molecular weight is 206 g/mol. The molecule has 1 aliphatic rings. The van der Waals surface area contributed by atoms with Gasteiger partial charge in [0.15, 0.2) is 0 Å². The molecule has 0 fully saturated rings. The molecule has 4 heteroatoms. The van der Waals surface area contributed by atoms with Crippen molar-refractivity contribution in [3.05, 3.63) is 29.3 Å². The Hall–Kier alpha value is -1.39. The van der Waals surface area contributed by atoms with Crippen LogP contribution in [0.1, 0.15) is 18.1 Å². The summed E-state index contributed by atoms with van der Waals surface area (Å²) < 4.78 is 5.28. The molecule has 3 N–H and O–H groups in total. The minimum absolute atomic E-state index is 0.172. The van der Waals surface area contributed by atoms with Gasteiger partial charge < -0.3 is 15.8 Å². The van der Waals surface area contributed by atoms with Crippen LogP contribution in [0.5, 0.6) is 0 Å². The SMILES string of the molecule is CC(N)C(=O)Nc1ccc2c(c1)COC2. The molecule has 0 aromatic heterocycles. The molecule has 2 rings (SSSR count). The van der Waals surface area contributed by atoms with Crippen LogP contribution in [0.2, 0.25) is 0 Å². The third kappa shape index (κ3) is 2.16. The van der Waals surface area contributed by atoms with Gasteiger partial charge in [0.05, 0.1) is 19.3 Å². The smallest absolute Gasteiger partial charge is 0.240 e. The Morgan fingerprint density at radius 2 is 2.20 bits per heavy atom. The molecule has 0 spiro atoms. The Labute approximate surface area is 88.4 Å². The second kappa shape index (κ2) is 4.00. The number of amides is 1. The second-order valence-electron chi connectivity index (χ2n) is 3.75. The largest absolute Gasteiger partial charge is 0.372 e. The molecule has 0 aliphatic carbocycles. The van der Waals surface area contributed by atoms with Crippen LogP contribution in [0.4, 0.5) is 5.69 Å². The molecule has 0 saturated carbocycles. The maximum Gasteiger partial charge on any atom is 0.240 e. The quantitative estimate of drug-likeness (QED) is 0.758. The highest BCUT2D eigenvalue weighted by atomic mass is 16.5. The third-order valence-electron chi connectivity index (χ3n) is 2.40. The Kier molecular flexibility index (Phi) is 2.70. The zero-order chi connectivity index (χ0) is 10.8. The van der Waals surface area contributed by atoms with Gasteiger partial charge in [-0.1, -0.05) is 6.07 Å². The lowest BCUT2D eigenvalue weighted by molar-refractivity contribution is -0.117. The van der Waals surface area contributed by atoms with Crippen molar-refractivity contribution in [1.82, 2.24) is 0 Å². The molecule has 1 amide bonds. The summed E-state index contributed by atoms with van der Waals surface area (Å²) in [5, 5.41) is 2.75. The topological polar surface area (TPSA) is 64.4 Å². The molecule has 0 saturated heterocycles. The minimum atomic E-state index is -0.491. The highest BCUT2D eigenvalue weighted by molar-refractivity contribution is 5.94. The molecule has 1 atom stereocenters. The maximum atomic E-state index is 11.3. The highest BCUT2D eigenvalue weighted by Crippen LogP contribution is 2.23. The number of carbonyl (C=O) groups excluding carboxylic acids is 1. The zero-order valence-corrected chi connectivity index (χ0v) is 8.62. The first-order valence-corrected chi connectivity index (χ1v) is 4.93. The molecule has 1 heterocycles. The number of benzene rings is 1. The van der Waals surface area contributed by atoms with Crippen molar-refractivity contribution in [1.29, 1.82) is 0 Å². The lowest BCUT2D eigenvalue weighted by Crippen LogP contribution is -2.32. The first-order chi connectivity index (χ1) is 7.16. The van der Waals surface area contributed by atoms with Crippen molar-refractivity contribution in [3.8, 4) is 0 Å². The molecule has 1 aliphatic heterocycles. The number of hydrogen-bond acceptors (Lipinski definition) is 3. The van der Waals surface area contributed by atoms with Gasteiger partial charge in [-0.25, -0.2) is 0 Å². The van der Waals surface area contributed by atoms with Crippen molar-refractivity contribution >= 4 is 11.6 Å². The van der Waals surface area contributed by atoms with Gasteiger partial charge in [-0.15, -0.1) is 0 Å². The van der Waals surface area contributed by atoms with Crippen LogP contribution in [-0.2, 0) is 22.7 Å². The van der Waals surface area contributed by atoms with Crippen molar-refractivity contribution in [2.45, 2.75) is 26.2 Å². The van der Waals surface area contributed by atoms with Crippen LogP contribution >= 0.6 is 0 Å². The molecule has 0 bridgehead atoms. The van der Waals surface area contributed by atoms with E-state index in [0.29, 0.717) is 13.2 Å². The van der Waals surface area contributed by atoms with E-state index in [4.69, 9.17) is 10.5 Å². The maximum absolute atomic E-state index is 11.3. The second-order valence-corrected chi connectivity index (χ2v) is 3.75. The van der Waals surface area contributed by atoms with Gasteiger partial charge in [-0.2, -0.15) is 0 Å². The number of ether oxygens (including phenoxy) is 1. The van der Waals surface area contributed by atoms with E-state index in [9.17, 15) is 4.79 Å². The fourth-order valence-electron chi connectivity index (χ4n) is 1.51. The predicted molar refractivity (Wildman–Crippen MR) is 57.2 cm³/mol. The number of hydrogen-bond donors (Lipinski definition) is 2. The van der Waals surface area contributed by atoms with Gasteiger partial charge in [0, 0.05) is 5.69 Å². The first-order valence-electron chi connectivity index (χ1n) is 4.93. The van der Waals surface area contributed by atoms with E-state index in [0.717, 1.165) is 11.3 Å². The Morgan fingerprint density at radius 3 is 2.93 bits per heavy atom. The molecule has 1 aromatic carbocycles. The summed E-state index contributed by atoms with van der Waals surface area (Å²) in [6.07, 6.45) is 0. The zero-order valence-electron chi connectivity index (χ0n) is 8.62. The lowest BCUT2D eigenvalue weighted by Gasteiger charge is -2.08.